The largest absolute Gasteiger partial charge is 0.353 e. The van der Waals surface area contributed by atoms with Crippen molar-refractivity contribution in [3.63, 3.8) is 0 Å². The van der Waals surface area contributed by atoms with E-state index in [0.29, 0.717) is 5.95 Å². The smallest absolute Gasteiger partial charge is 0.243 e. The van der Waals surface area contributed by atoms with Gasteiger partial charge in [-0.3, -0.25) is 5.10 Å². The Morgan fingerprint density at radius 2 is 2.20 bits per heavy atom. The highest BCUT2D eigenvalue weighted by molar-refractivity contribution is 5.44. The Kier molecular flexibility index (Phi) is 3.37. The number of anilines is 1. The maximum atomic E-state index is 4.45. The molecule has 0 atom stereocenters. The highest BCUT2D eigenvalue weighted by Crippen LogP contribution is 2.09. The number of aromatic nitrogens is 5. The number of aryl methyl sites for hydroxylation is 3. The summed E-state index contributed by atoms with van der Waals surface area (Å²) in [5, 5.41) is 14.7. The third-order valence-electron chi connectivity index (χ3n) is 3.39. The van der Waals surface area contributed by atoms with Crippen molar-refractivity contribution in [3.8, 4) is 0 Å². The highest BCUT2D eigenvalue weighted by atomic mass is 15.3. The van der Waals surface area contributed by atoms with Gasteiger partial charge in [-0.25, -0.2) is 4.52 Å². The minimum atomic E-state index is 0.684. The van der Waals surface area contributed by atoms with Gasteiger partial charge in [0.15, 0.2) is 5.65 Å². The lowest BCUT2D eigenvalue weighted by atomic mass is 10.1. The maximum Gasteiger partial charge on any atom is 0.243 e. The van der Waals surface area contributed by atoms with Gasteiger partial charge in [-0.2, -0.15) is 10.1 Å². The summed E-state index contributed by atoms with van der Waals surface area (Å²) in [4.78, 5) is 4.45. The number of nitrogens with zero attached hydrogens (tertiary/aromatic N) is 4. The van der Waals surface area contributed by atoms with Gasteiger partial charge in [-0.1, -0.05) is 6.07 Å². The Bertz CT molecular complexity index is 711. The van der Waals surface area contributed by atoms with Gasteiger partial charge in [0.05, 0.1) is 6.20 Å². The summed E-state index contributed by atoms with van der Waals surface area (Å²) in [6, 6.07) is 5.97. The molecule has 104 valence electrons. The van der Waals surface area contributed by atoms with Crippen LogP contribution < -0.4 is 5.32 Å². The average molecular weight is 270 g/mol. The molecular formula is C14H18N6. The zero-order chi connectivity index (χ0) is 13.9. The summed E-state index contributed by atoms with van der Waals surface area (Å²) >= 11 is 0. The number of aromatic amines is 1. The predicted octanol–water partition coefficient (Wildman–Crippen LogP) is 2.11. The zero-order valence-electron chi connectivity index (χ0n) is 11.7. The Morgan fingerprint density at radius 1 is 1.30 bits per heavy atom. The molecule has 6 nitrogen and oxygen atoms in total. The van der Waals surface area contributed by atoms with Gasteiger partial charge in [0.2, 0.25) is 5.95 Å². The molecule has 6 heteroatoms. The molecule has 0 aliphatic heterocycles. The molecule has 2 N–H and O–H groups in total. The van der Waals surface area contributed by atoms with Crippen molar-refractivity contribution >= 4 is 11.6 Å². The molecule has 0 saturated heterocycles. The lowest BCUT2D eigenvalue weighted by molar-refractivity contribution is 0.841. The first-order valence-corrected chi connectivity index (χ1v) is 6.79. The Hall–Kier alpha value is -2.37. The van der Waals surface area contributed by atoms with Crippen LogP contribution in [0.15, 0.2) is 24.4 Å². The molecule has 3 rings (SSSR count). The fourth-order valence-corrected chi connectivity index (χ4v) is 2.22. The van der Waals surface area contributed by atoms with Crippen LogP contribution in [0.1, 0.15) is 23.4 Å². The molecule has 20 heavy (non-hydrogen) atoms. The normalized spacial score (nSPS) is 11.1. The van der Waals surface area contributed by atoms with Gasteiger partial charge in [-0.15, -0.1) is 5.10 Å². The number of nitrogens with one attached hydrogen (secondary N) is 2. The van der Waals surface area contributed by atoms with E-state index in [4.69, 9.17) is 0 Å². The fourth-order valence-electron chi connectivity index (χ4n) is 2.22. The molecule has 0 fully saturated rings. The van der Waals surface area contributed by atoms with Gasteiger partial charge >= 0.3 is 0 Å². The summed E-state index contributed by atoms with van der Waals surface area (Å²) in [7, 11) is 0. The van der Waals surface area contributed by atoms with Crippen LogP contribution in [0.25, 0.3) is 5.65 Å². The molecule has 0 aliphatic rings. The van der Waals surface area contributed by atoms with E-state index >= 15 is 0 Å². The quantitative estimate of drug-likeness (QED) is 0.697. The van der Waals surface area contributed by atoms with Crippen molar-refractivity contribution in [2.45, 2.75) is 26.7 Å². The highest BCUT2D eigenvalue weighted by Gasteiger charge is 2.04. The van der Waals surface area contributed by atoms with Crippen LogP contribution in [-0.4, -0.2) is 31.3 Å². The van der Waals surface area contributed by atoms with Gasteiger partial charge in [0, 0.05) is 17.9 Å². The molecule has 0 aliphatic carbocycles. The third-order valence-corrected chi connectivity index (χ3v) is 3.39. The standard InChI is InChI=1S/C14H18N6/c1-10-5-3-7-13-17-14(19-20(10)13)15-8-4-6-12-9-16-18-11(12)2/h3,5,7,9H,4,6,8H2,1-2H3,(H,15,19)(H,16,18). The van der Waals surface area contributed by atoms with Gasteiger partial charge in [0.1, 0.15) is 0 Å². The van der Waals surface area contributed by atoms with Crippen LogP contribution in [0.4, 0.5) is 5.95 Å². The summed E-state index contributed by atoms with van der Waals surface area (Å²) < 4.78 is 1.85. The van der Waals surface area contributed by atoms with E-state index in [1.54, 1.807) is 0 Å². The van der Waals surface area contributed by atoms with Crippen LogP contribution in [0, 0.1) is 13.8 Å². The van der Waals surface area contributed by atoms with Gasteiger partial charge in [-0.05, 0) is 44.4 Å². The molecule has 3 aromatic heterocycles. The van der Waals surface area contributed by atoms with Crippen molar-refractivity contribution in [3.05, 3.63) is 41.3 Å². The second-order valence-corrected chi connectivity index (χ2v) is 4.92. The summed E-state index contributed by atoms with van der Waals surface area (Å²) in [5.41, 5.74) is 4.37. The van der Waals surface area contributed by atoms with E-state index in [9.17, 15) is 0 Å². The summed E-state index contributed by atoms with van der Waals surface area (Å²) in [5.74, 6) is 0.684. The number of hydrogen-bond donors (Lipinski definition) is 2. The van der Waals surface area contributed by atoms with Gasteiger partial charge in [0.25, 0.3) is 0 Å². The zero-order valence-corrected chi connectivity index (χ0v) is 11.7. The lowest BCUT2D eigenvalue weighted by Gasteiger charge is -2.01. The van der Waals surface area contributed by atoms with Crippen LogP contribution in [0.3, 0.4) is 0 Å². The molecule has 3 aromatic rings. The molecular weight excluding hydrogens is 252 g/mol. The van der Waals surface area contributed by atoms with Crippen LogP contribution >= 0.6 is 0 Å². The van der Waals surface area contributed by atoms with Gasteiger partial charge < -0.3 is 5.32 Å². The maximum absolute atomic E-state index is 4.45. The molecule has 0 bridgehead atoms. The lowest BCUT2D eigenvalue weighted by Crippen LogP contribution is -2.05. The molecule has 0 saturated carbocycles. The van der Waals surface area contributed by atoms with Crippen molar-refractivity contribution in [1.82, 2.24) is 24.8 Å². The first-order valence-electron chi connectivity index (χ1n) is 6.79. The summed E-state index contributed by atoms with van der Waals surface area (Å²) in [6.07, 6.45) is 3.92. The SMILES string of the molecule is Cc1[nH]ncc1CCCNc1nc2cccc(C)n2n1. The molecule has 0 unspecified atom stereocenters. The van der Waals surface area contributed by atoms with Crippen molar-refractivity contribution in [2.24, 2.45) is 0 Å². The monoisotopic (exact) mass is 270 g/mol. The minimum absolute atomic E-state index is 0.684. The Morgan fingerprint density at radius 3 is 2.95 bits per heavy atom. The van der Waals surface area contributed by atoms with E-state index in [1.165, 1.54) is 5.56 Å². The number of H-pyrrole nitrogens is 1. The fraction of sp³-hybridized carbons (Fsp3) is 0.357. The molecule has 0 aromatic carbocycles. The average Bonchev–Trinajstić information content (AvgIpc) is 3.02. The van der Waals surface area contributed by atoms with Crippen molar-refractivity contribution in [2.75, 3.05) is 11.9 Å². The van der Waals surface area contributed by atoms with Crippen molar-refractivity contribution < 1.29 is 0 Å². The number of pyridine rings is 1. The molecule has 0 spiro atoms. The first-order chi connectivity index (χ1) is 9.74. The molecule has 0 amide bonds. The number of fused-ring (bicyclic) bond motifs is 1. The Labute approximate surface area is 117 Å². The van der Waals surface area contributed by atoms with E-state index in [0.717, 1.165) is 36.4 Å². The number of hydrogen-bond acceptors (Lipinski definition) is 4. The van der Waals surface area contributed by atoms with E-state index in [1.807, 2.05) is 42.8 Å². The molecule has 3 heterocycles. The van der Waals surface area contributed by atoms with Crippen LogP contribution in [-0.2, 0) is 6.42 Å². The van der Waals surface area contributed by atoms with Crippen LogP contribution in [0.5, 0.6) is 0 Å². The third kappa shape index (κ3) is 2.49. The second-order valence-electron chi connectivity index (χ2n) is 4.92. The number of rotatable bonds is 5. The van der Waals surface area contributed by atoms with Crippen molar-refractivity contribution in [1.29, 1.82) is 0 Å². The first kappa shape index (κ1) is 12.7. The second kappa shape index (κ2) is 5.32. The summed E-state index contributed by atoms with van der Waals surface area (Å²) in [6.45, 7) is 4.91. The minimum Gasteiger partial charge on any atom is -0.353 e. The van der Waals surface area contributed by atoms with E-state index in [-0.39, 0.29) is 0 Å². The Balaban J connectivity index is 1.57. The topological polar surface area (TPSA) is 70.9 Å². The molecule has 0 radical (unpaired) electrons. The van der Waals surface area contributed by atoms with Crippen LogP contribution in [0.2, 0.25) is 0 Å². The van der Waals surface area contributed by atoms with E-state index < -0.39 is 0 Å². The predicted molar refractivity (Wildman–Crippen MR) is 77.9 cm³/mol. The van der Waals surface area contributed by atoms with E-state index in [2.05, 4.69) is 25.6 Å².